The number of fused-ring (bicyclic) bond motifs is 6. The summed E-state index contributed by atoms with van der Waals surface area (Å²) in [5.41, 5.74) is 6.86. The van der Waals surface area contributed by atoms with Crippen LogP contribution in [0.1, 0.15) is 18.5 Å². The number of hydrogen-bond donors (Lipinski definition) is 0. The molecule has 0 saturated carbocycles. The predicted octanol–water partition coefficient (Wildman–Crippen LogP) is 6.04. The Labute approximate surface area is 175 Å². The molecular formula is C26H22N4. The van der Waals surface area contributed by atoms with Crippen molar-refractivity contribution in [1.82, 2.24) is 15.0 Å². The Kier molecular flexibility index (Phi) is 4.60. The van der Waals surface area contributed by atoms with Crippen LogP contribution in [-0.2, 0) is 0 Å². The maximum atomic E-state index is 4.50. The van der Waals surface area contributed by atoms with Crippen LogP contribution >= 0.6 is 0 Å². The fourth-order valence-electron chi connectivity index (χ4n) is 4.06. The first-order chi connectivity index (χ1) is 14.7. The molecule has 146 valence electrons. The quantitative estimate of drug-likeness (QED) is 0.302. The summed E-state index contributed by atoms with van der Waals surface area (Å²) in [6.07, 6.45) is 5.55. The topological polar surface area (TPSA) is 41.9 Å². The SMILES string of the molecule is CC1c2ccccc2-c2ncccc2N1C.c1ccc2c(c1)cnc1cccnc12. The number of aromatic nitrogens is 3. The van der Waals surface area contributed by atoms with Gasteiger partial charge in [0, 0.05) is 42.0 Å². The third kappa shape index (κ3) is 3.07. The normalized spacial score (nSPS) is 14.6. The fourth-order valence-corrected chi connectivity index (χ4v) is 4.06. The van der Waals surface area contributed by atoms with Crippen molar-refractivity contribution in [1.29, 1.82) is 0 Å². The lowest BCUT2D eigenvalue weighted by Gasteiger charge is -2.34. The van der Waals surface area contributed by atoms with E-state index in [0.29, 0.717) is 6.04 Å². The van der Waals surface area contributed by atoms with Crippen LogP contribution in [0.2, 0.25) is 0 Å². The third-order valence-electron chi connectivity index (χ3n) is 5.76. The van der Waals surface area contributed by atoms with Crippen LogP contribution in [0, 0.1) is 0 Å². The minimum Gasteiger partial charge on any atom is -0.366 e. The monoisotopic (exact) mass is 390 g/mol. The number of nitrogens with zero attached hydrogens (tertiary/aromatic N) is 4. The molecule has 1 aliphatic rings. The summed E-state index contributed by atoms with van der Waals surface area (Å²) in [5.74, 6) is 0. The summed E-state index contributed by atoms with van der Waals surface area (Å²) in [7, 11) is 2.13. The number of pyridine rings is 3. The minimum atomic E-state index is 0.410. The first kappa shape index (κ1) is 18.3. The van der Waals surface area contributed by atoms with Crippen LogP contribution in [0.5, 0.6) is 0 Å². The summed E-state index contributed by atoms with van der Waals surface area (Å²) in [6, 6.07) is 25.1. The van der Waals surface area contributed by atoms with Crippen LogP contribution in [0.3, 0.4) is 0 Å². The van der Waals surface area contributed by atoms with Crippen molar-refractivity contribution in [2.75, 3.05) is 11.9 Å². The molecule has 0 aliphatic carbocycles. The molecular weight excluding hydrogens is 368 g/mol. The summed E-state index contributed by atoms with van der Waals surface area (Å²) >= 11 is 0. The molecule has 1 unspecified atom stereocenters. The van der Waals surface area contributed by atoms with Gasteiger partial charge in [0.1, 0.15) is 0 Å². The van der Waals surface area contributed by atoms with E-state index in [1.807, 2.05) is 42.7 Å². The van der Waals surface area contributed by atoms with Gasteiger partial charge in [-0.25, -0.2) is 0 Å². The van der Waals surface area contributed by atoms with E-state index in [9.17, 15) is 0 Å². The van der Waals surface area contributed by atoms with Crippen LogP contribution in [0.25, 0.3) is 33.1 Å². The van der Waals surface area contributed by atoms with Crippen LogP contribution in [-0.4, -0.2) is 22.0 Å². The standard InChI is InChI=1S/C14H14N2.C12H8N2/c1-10-11-6-3-4-7-12(11)14-13(16(10)2)8-5-9-15-14;1-2-5-10-9(4-1)8-14-11-6-3-7-13-12(10)11/h3-10H,1-2H3;1-8H. The van der Waals surface area contributed by atoms with Gasteiger partial charge in [0.25, 0.3) is 0 Å². The third-order valence-corrected chi connectivity index (χ3v) is 5.76. The lowest BCUT2D eigenvalue weighted by molar-refractivity contribution is 0.729. The molecule has 30 heavy (non-hydrogen) atoms. The van der Waals surface area contributed by atoms with E-state index in [0.717, 1.165) is 27.5 Å². The Morgan fingerprint density at radius 3 is 2.47 bits per heavy atom. The Hall–Kier alpha value is -3.79. The second kappa shape index (κ2) is 7.56. The largest absolute Gasteiger partial charge is 0.366 e. The number of rotatable bonds is 0. The van der Waals surface area contributed by atoms with Gasteiger partial charge >= 0.3 is 0 Å². The molecule has 1 aliphatic heterocycles. The molecule has 1 atom stereocenters. The summed E-state index contributed by atoms with van der Waals surface area (Å²) < 4.78 is 0. The van der Waals surface area contributed by atoms with Crippen molar-refractivity contribution in [2.24, 2.45) is 0 Å². The van der Waals surface area contributed by atoms with Crippen molar-refractivity contribution in [2.45, 2.75) is 13.0 Å². The highest BCUT2D eigenvalue weighted by Crippen LogP contribution is 2.41. The molecule has 4 heteroatoms. The van der Waals surface area contributed by atoms with E-state index >= 15 is 0 Å². The van der Waals surface area contributed by atoms with Gasteiger partial charge in [0.05, 0.1) is 28.5 Å². The van der Waals surface area contributed by atoms with Gasteiger partial charge < -0.3 is 4.90 Å². The van der Waals surface area contributed by atoms with Crippen LogP contribution in [0.15, 0.2) is 91.4 Å². The van der Waals surface area contributed by atoms with Crippen molar-refractivity contribution in [3.05, 3.63) is 97.0 Å². The molecule has 4 heterocycles. The molecule has 0 N–H and O–H groups in total. The zero-order chi connectivity index (χ0) is 20.5. The molecule has 0 saturated heterocycles. The molecule has 0 radical (unpaired) electrons. The van der Waals surface area contributed by atoms with Gasteiger partial charge in [-0.1, -0.05) is 48.5 Å². The minimum absolute atomic E-state index is 0.410. The highest BCUT2D eigenvalue weighted by Gasteiger charge is 2.25. The number of benzene rings is 2. The Morgan fingerprint density at radius 2 is 1.53 bits per heavy atom. The lowest BCUT2D eigenvalue weighted by atomic mass is 9.92. The van der Waals surface area contributed by atoms with Crippen LogP contribution < -0.4 is 4.90 Å². The molecule has 0 amide bonds. The van der Waals surface area contributed by atoms with Gasteiger partial charge in [-0.05, 0) is 36.8 Å². The summed E-state index contributed by atoms with van der Waals surface area (Å²) in [6.45, 7) is 2.23. The Balaban J connectivity index is 0.000000130. The zero-order valence-corrected chi connectivity index (χ0v) is 17.0. The van der Waals surface area contributed by atoms with Gasteiger partial charge in [-0.2, -0.15) is 0 Å². The number of hydrogen-bond acceptors (Lipinski definition) is 4. The zero-order valence-electron chi connectivity index (χ0n) is 17.0. The van der Waals surface area contributed by atoms with E-state index in [1.165, 1.54) is 16.8 Å². The maximum absolute atomic E-state index is 4.50. The Morgan fingerprint density at radius 1 is 0.767 bits per heavy atom. The molecule has 4 nitrogen and oxygen atoms in total. The molecule has 5 aromatic rings. The van der Waals surface area contributed by atoms with Gasteiger partial charge in [0.2, 0.25) is 0 Å². The second-order valence-electron chi connectivity index (χ2n) is 7.46. The fraction of sp³-hybridized carbons (Fsp3) is 0.115. The van der Waals surface area contributed by atoms with Crippen molar-refractivity contribution in [3.63, 3.8) is 0 Å². The smallest absolute Gasteiger partial charge is 0.0964 e. The second-order valence-corrected chi connectivity index (χ2v) is 7.46. The summed E-state index contributed by atoms with van der Waals surface area (Å²) in [4.78, 5) is 15.5. The molecule has 2 aromatic carbocycles. The average molecular weight is 390 g/mol. The first-order valence-corrected chi connectivity index (χ1v) is 10.1. The number of anilines is 1. The van der Waals surface area contributed by atoms with Crippen molar-refractivity contribution >= 4 is 27.5 Å². The average Bonchev–Trinajstić information content (AvgIpc) is 2.83. The first-order valence-electron chi connectivity index (χ1n) is 10.1. The van der Waals surface area contributed by atoms with E-state index in [4.69, 9.17) is 0 Å². The molecule has 3 aromatic heterocycles. The van der Waals surface area contributed by atoms with E-state index in [2.05, 4.69) is 76.3 Å². The van der Waals surface area contributed by atoms with E-state index in [1.54, 1.807) is 6.20 Å². The van der Waals surface area contributed by atoms with E-state index < -0.39 is 0 Å². The molecule has 6 rings (SSSR count). The van der Waals surface area contributed by atoms with Crippen LogP contribution in [0.4, 0.5) is 5.69 Å². The predicted molar refractivity (Wildman–Crippen MR) is 124 cm³/mol. The Bertz CT molecular complexity index is 1240. The molecule has 0 fully saturated rings. The summed E-state index contributed by atoms with van der Waals surface area (Å²) in [5, 5.41) is 2.30. The molecule has 0 bridgehead atoms. The maximum Gasteiger partial charge on any atom is 0.0964 e. The van der Waals surface area contributed by atoms with Gasteiger partial charge in [0.15, 0.2) is 0 Å². The molecule has 0 spiro atoms. The van der Waals surface area contributed by atoms with E-state index in [-0.39, 0.29) is 0 Å². The lowest BCUT2D eigenvalue weighted by Crippen LogP contribution is -2.26. The highest BCUT2D eigenvalue weighted by atomic mass is 15.1. The van der Waals surface area contributed by atoms with Gasteiger partial charge in [-0.15, -0.1) is 0 Å². The van der Waals surface area contributed by atoms with Crippen molar-refractivity contribution in [3.8, 4) is 11.3 Å². The van der Waals surface area contributed by atoms with Gasteiger partial charge in [-0.3, -0.25) is 15.0 Å². The van der Waals surface area contributed by atoms with Crippen molar-refractivity contribution < 1.29 is 0 Å². The highest BCUT2D eigenvalue weighted by molar-refractivity contribution is 6.02.